The van der Waals surface area contributed by atoms with Gasteiger partial charge in [0.05, 0.1) is 5.75 Å². The van der Waals surface area contributed by atoms with E-state index >= 15 is 0 Å². The van der Waals surface area contributed by atoms with Crippen LogP contribution in [0, 0.1) is 5.92 Å². The highest BCUT2D eigenvalue weighted by molar-refractivity contribution is 8.13. The van der Waals surface area contributed by atoms with Crippen molar-refractivity contribution < 1.29 is 13.2 Å². The van der Waals surface area contributed by atoms with E-state index in [9.17, 15) is 13.2 Å². The van der Waals surface area contributed by atoms with Gasteiger partial charge in [0.15, 0.2) is 0 Å². The van der Waals surface area contributed by atoms with Gasteiger partial charge in [-0.1, -0.05) is 38.1 Å². The van der Waals surface area contributed by atoms with Crippen molar-refractivity contribution in [1.29, 1.82) is 0 Å². The summed E-state index contributed by atoms with van der Waals surface area (Å²) in [6.45, 7) is 5.42. The maximum absolute atomic E-state index is 11.9. The second kappa shape index (κ2) is 7.01. The smallest absolute Gasteiger partial charge is 0.232 e. The number of hydrogen-bond donors (Lipinski definition) is 0. The van der Waals surface area contributed by atoms with Gasteiger partial charge in [0.2, 0.25) is 15.0 Å². The summed E-state index contributed by atoms with van der Waals surface area (Å²) in [5, 5.41) is 0. The van der Waals surface area contributed by atoms with E-state index in [2.05, 4.69) is 38.1 Å². The predicted molar refractivity (Wildman–Crippen MR) is 88.6 cm³/mol. The van der Waals surface area contributed by atoms with Crippen molar-refractivity contribution in [3.63, 3.8) is 0 Å². The first-order valence-corrected chi connectivity index (χ1v) is 10.0. The minimum Gasteiger partial charge on any atom is -0.342 e. The van der Waals surface area contributed by atoms with Gasteiger partial charge in [0.1, 0.15) is 0 Å². The summed E-state index contributed by atoms with van der Waals surface area (Å²) in [5.74, 6) is 0.217. The molecule has 0 bridgehead atoms. The van der Waals surface area contributed by atoms with Crippen LogP contribution in [0.25, 0.3) is 0 Å². The molecule has 1 aliphatic rings. The van der Waals surface area contributed by atoms with E-state index in [1.807, 2.05) is 0 Å². The van der Waals surface area contributed by atoms with Crippen LogP contribution in [0.2, 0.25) is 0 Å². The highest BCUT2D eigenvalue weighted by atomic mass is 35.7. The molecule has 122 valence electrons. The molecule has 1 aromatic rings. The molecule has 1 atom stereocenters. The first-order chi connectivity index (χ1) is 10.2. The normalized spacial score (nSPS) is 19.2. The molecule has 0 spiro atoms. The Kier molecular flexibility index (Phi) is 5.50. The Morgan fingerprint density at radius 1 is 1.27 bits per heavy atom. The van der Waals surface area contributed by atoms with Crippen molar-refractivity contribution in [3.05, 3.63) is 35.4 Å². The van der Waals surface area contributed by atoms with E-state index in [1.54, 1.807) is 4.90 Å². The Morgan fingerprint density at radius 3 is 2.45 bits per heavy atom. The van der Waals surface area contributed by atoms with E-state index in [4.69, 9.17) is 10.7 Å². The number of amides is 1. The van der Waals surface area contributed by atoms with E-state index in [0.717, 1.165) is 6.42 Å². The van der Waals surface area contributed by atoms with Crippen molar-refractivity contribution in [2.45, 2.75) is 32.6 Å². The SMILES string of the molecule is CC(C)c1ccc(CCN2CC(CS(=O)(=O)Cl)CC2=O)cc1. The fourth-order valence-corrected chi connectivity index (χ4v) is 4.12. The minimum atomic E-state index is -3.54. The maximum atomic E-state index is 11.9. The third-order valence-corrected chi connectivity index (χ3v) is 5.29. The molecule has 1 unspecified atom stereocenters. The van der Waals surface area contributed by atoms with Crippen molar-refractivity contribution in [1.82, 2.24) is 4.90 Å². The molecule has 4 nitrogen and oxygen atoms in total. The zero-order chi connectivity index (χ0) is 16.3. The molecule has 1 aromatic carbocycles. The average molecular weight is 344 g/mol. The molecular weight excluding hydrogens is 322 g/mol. The van der Waals surface area contributed by atoms with Crippen LogP contribution in [-0.4, -0.2) is 38.1 Å². The quantitative estimate of drug-likeness (QED) is 0.746. The lowest BCUT2D eigenvalue weighted by atomic mass is 10.0. The van der Waals surface area contributed by atoms with Crippen LogP contribution in [0.4, 0.5) is 0 Å². The molecule has 0 N–H and O–H groups in total. The van der Waals surface area contributed by atoms with Gasteiger partial charge < -0.3 is 4.90 Å². The second-order valence-electron chi connectivity index (χ2n) is 6.26. The summed E-state index contributed by atoms with van der Waals surface area (Å²) >= 11 is 0. The number of likely N-dealkylation sites (tertiary alicyclic amines) is 1. The van der Waals surface area contributed by atoms with Gasteiger partial charge in [-0.2, -0.15) is 0 Å². The molecular formula is C16H22ClNO3S. The fourth-order valence-electron chi connectivity index (χ4n) is 2.80. The van der Waals surface area contributed by atoms with Crippen LogP contribution < -0.4 is 0 Å². The Labute approximate surface area is 136 Å². The Balaban J connectivity index is 1.87. The monoisotopic (exact) mass is 343 g/mol. The molecule has 0 radical (unpaired) electrons. The molecule has 2 rings (SSSR count). The third kappa shape index (κ3) is 4.99. The van der Waals surface area contributed by atoms with E-state index in [0.29, 0.717) is 19.0 Å². The van der Waals surface area contributed by atoms with Crippen LogP contribution in [0.15, 0.2) is 24.3 Å². The van der Waals surface area contributed by atoms with E-state index in [1.165, 1.54) is 11.1 Å². The minimum absolute atomic E-state index is 0.0177. The second-order valence-corrected chi connectivity index (χ2v) is 9.08. The number of halogens is 1. The first kappa shape index (κ1) is 17.3. The molecule has 6 heteroatoms. The maximum Gasteiger partial charge on any atom is 0.232 e. The van der Waals surface area contributed by atoms with Crippen LogP contribution >= 0.6 is 10.7 Å². The van der Waals surface area contributed by atoms with Crippen molar-refractivity contribution in [2.75, 3.05) is 18.8 Å². The number of nitrogens with zero attached hydrogens (tertiary/aromatic N) is 1. The van der Waals surface area contributed by atoms with Crippen molar-refractivity contribution in [3.8, 4) is 0 Å². The molecule has 1 fully saturated rings. The largest absolute Gasteiger partial charge is 0.342 e. The van der Waals surface area contributed by atoms with Crippen LogP contribution in [0.5, 0.6) is 0 Å². The van der Waals surface area contributed by atoms with Gasteiger partial charge in [-0.25, -0.2) is 8.42 Å². The highest BCUT2D eigenvalue weighted by Crippen LogP contribution is 2.21. The van der Waals surface area contributed by atoms with Crippen molar-refractivity contribution >= 4 is 25.6 Å². The molecule has 0 aromatic heterocycles. The van der Waals surface area contributed by atoms with Crippen LogP contribution in [0.1, 0.15) is 37.3 Å². The summed E-state index contributed by atoms with van der Waals surface area (Å²) in [6, 6.07) is 8.43. The summed E-state index contributed by atoms with van der Waals surface area (Å²) in [5.41, 5.74) is 2.49. The summed E-state index contributed by atoms with van der Waals surface area (Å²) in [7, 11) is 1.72. The van der Waals surface area contributed by atoms with Gasteiger partial charge in [-0.15, -0.1) is 0 Å². The number of hydrogen-bond acceptors (Lipinski definition) is 3. The van der Waals surface area contributed by atoms with Crippen LogP contribution in [0.3, 0.4) is 0 Å². The standard InChI is InChI=1S/C16H22ClNO3S/c1-12(2)15-5-3-13(4-6-15)7-8-18-10-14(9-16(18)19)11-22(17,20)21/h3-6,12,14H,7-11H2,1-2H3. The Morgan fingerprint density at radius 2 is 1.91 bits per heavy atom. The zero-order valence-electron chi connectivity index (χ0n) is 13.0. The fraction of sp³-hybridized carbons (Fsp3) is 0.562. The number of carbonyl (C=O) groups is 1. The van der Waals surface area contributed by atoms with Gasteiger partial charge in [0, 0.05) is 36.1 Å². The van der Waals surface area contributed by atoms with Gasteiger partial charge in [0.25, 0.3) is 0 Å². The molecule has 0 aliphatic carbocycles. The van der Waals surface area contributed by atoms with E-state index in [-0.39, 0.29) is 24.0 Å². The molecule has 0 saturated carbocycles. The summed E-state index contributed by atoms with van der Waals surface area (Å²) < 4.78 is 22.2. The Bertz CT molecular complexity index is 625. The zero-order valence-corrected chi connectivity index (χ0v) is 14.5. The van der Waals surface area contributed by atoms with Gasteiger partial charge in [-0.3, -0.25) is 4.79 Å². The van der Waals surface area contributed by atoms with E-state index < -0.39 is 9.05 Å². The number of benzene rings is 1. The molecule has 22 heavy (non-hydrogen) atoms. The lowest BCUT2D eigenvalue weighted by Gasteiger charge is -2.16. The van der Waals surface area contributed by atoms with Gasteiger partial charge in [-0.05, 0) is 23.5 Å². The highest BCUT2D eigenvalue weighted by Gasteiger charge is 2.31. The Hall–Kier alpha value is -1.07. The molecule has 1 amide bonds. The molecule has 1 saturated heterocycles. The number of rotatable bonds is 6. The van der Waals surface area contributed by atoms with Crippen molar-refractivity contribution in [2.24, 2.45) is 5.92 Å². The average Bonchev–Trinajstić information content (AvgIpc) is 2.74. The molecule has 1 aliphatic heterocycles. The molecule has 1 heterocycles. The lowest BCUT2D eigenvalue weighted by Crippen LogP contribution is -2.28. The van der Waals surface area contributed by atoms with Crippen LogP contribution in [-0.2, 0) is 20.3 Å². The topological polar surface area (TPSA) is 54.5 Å². The predicted octanol–water partition coefficient (Wildman–Crippen LogP) is 2.77. The number of carbonyl (C=O) groups excluding carboxylic acids is 1. The van der Waals surface area contributed by atoms with Gasteiger partial charge >= 0.3 is 0 Å². The lowest BCUT2D eigenvalue weighted by molar-refractivity contribution is -0.127. The third-order valence-electron chi connectivity index (χ3n) is 4.05. The first-order valence-electron chi connectivity index (χ1n) is 7.53. The summed E-state index contributed by atoms with van der Waals surface area (Å²) in [4.78, 5) is 13.7. The summed E-state index contributed by atoms with van der Waals surface area (Å²) in [6.07, 6.45) is 1.06.